The number of anilines is 2. The fraction of sp³-hybridized carbons (Fsp3) is 0.667. The maximum absolute atomic E-state index is 8.72. The average Bonchev–Trinajstić information content (AvgIpc) is 2.35. The van der Waals surface area contributed by atoms with Gasteiger partial charge in [0.25, 0.3) is 0 Å². The van der Waals surface area contributed by atoms with Gasteiger partial charge in [0.1, 0.15) is 5.82 Å². The number of rotatable bonds is 7. The van der Waals surface area contributed by atoms with Gasteiger partial charge in [0, 0.05) is 39.0 Å². The van der Waals surface area contributed by atoms with E-state index in [0.717, 1.165) is 37.2 Å². The van der Waals surface area contributed by atoms with Gasteiger partial charge in [-0.25, -0.2) is 4.98 Å². The molecule has 5 heteroatoms. The van der Waals surface area contributed by atoms with Crippen LogP contribution in [-0.2, 0) is 0 Å². The van der Waals surface area contributed by atoms with Crippen LogP contribution in [0.2, 0.25) is 0 Å². The molecular formula is C12H22N4O. The number of nitrogens with one attached hydrogen (secondary N) is 1. The van der Waals surface area contributed by atoms with E-state index in [-0.39, 0.29) is 6.61 Å². The third kappa shape index (κ3) is 4.19. The molecule has 0 spiro atoms. The minimum Gasteiger partial charge on any atom is -0.396 e. The molecule has 0 bridgehead atoms. The highest BCUT2D eigenvalue weighted by molar-refractivity contribution is 5.48. The van der Waals surface area contributed by atoms with Crippen molar-refractivity contribution in [2.75, 3.05) is 37.5 Å². The van der Waals surface area contributed by atoms with Crippen LogP contribution in [0, 0.1) is 6.92 Å². The zero-order chi connectivity index (χ0) is 12.7. The van der Waals surface area contributed by atoms with Gasteiger partial charge in [0.2, 0.25) is 5.95 Å². The molecule has 0 atom stereocenters. The lowest BCUT2D eigenvalue weighted by Crippen LogP contribution is -2.21. The summed E-state index contributed by atoms with van der Waals surface area (Å²) in [6.07, 6.45) is 4.82. The summed E-state index contributed by atoms with van der Waals surface area (Å²) in [5, 5.41) is 11.7. The van der Waals surface area contributed by atoms with E-state index in [0.29, 0.717) is 5.95 Å². The Morgan fingerprint density at radius 2 is 2.12 bits per heavy atom. The molecule has 0 unspecified atom stereocenters. The number of hydrogen-bond acceptors (Lipinski definition) is 5. The Hall–Kier alpha value is -1.36. The molecule has 5 nitrogen and oxygen atoms in total. The Balaban J connectivity index is 2.57. The first-order valence-corrected chi connectivity index (χ1v) is 6.02. The van der Waals surface area contributed by atoms with E-state index in [4.69, 9.17) is 5.11 Å². The van der Waals surface area contributed by atoms with Crippen molar-refractivity contribution in [2.24, 2.45) is 0 Å². The molecule has 0 amide bonds. The highest BCUT2D eigenvalue weighted by Crippen LogP contribution is 2.16. The fourth-order valence-corrected chi connectivity index (χ4v) is 1.68. The number of aliphatic hydroxyl groups excluding tert-OH is 1. The van der Waals surface area contributed by atoms with E-state index in [1.54, 1.807) is 0 Å². The molecule has 0 saturated heterocycles. The summed E-state index contributed by atoms with van der Waals surface area (Å²) in [7, 11) is 3.85. The van der Waals surface area contributed by atoms with Crippen LogP contribution in [-0.4, -0.2) is 42.3 Å². The van der Waals surface area contributed by atoms with Crippen LogP contribution in [0.25, 0.3) is 0 Å². The summed E-state index contributed by atoms with van der Waals surface area (Å²) in [5.74, 6) is 1.61. The number of aryl methyl sites for hydroxylation is 1. The molecule has 17 heavy (non-hydrogen) atoms. The quantitative estimate of drug-likeness (QED) is 0.704. The van der Waals surface area contributed by atoms with E-state index in [2.05, 4.69) is 20.2 Å². The zero-order valence-electron chi connectivity index (χ0n) is 10.9. The second-order valence-corrected chi connectivity index (χ2v) is 4.16. The van der Waals surface area contributed by atoms with Crippen LogP contribution in [0.3, 0.4) is 0 Å². The highest BCUT2D eigenvalue weighted by atomic mass is 16.2. The second kappa shape index (κ2) is 7.06. The molecule has 0 aromatic carbocycles. The lowest BCUT2D eigenvalue weighted by Gasteiger charge is -2.20. The van der Waals surface area contributed by atoms with E-state index in [1.165, 1.54) is 0 Å². The minimum absolute atomic E-state index is 0.278. The maximum atomic E-state index is 8.72. The van der Waals surface area contributed by atoms with Gasteiger partial charge in [0.05, 0.1) is 0 Å². The molecule has 0 saturated carbocycles. The first-order chi connectivity index (χ1) is 8.19. The smallest absolute Gasteiger partial charge is 0.224 e. The lowest BCUT2D eigenvalue weighted by atomic mass is 10.2. The Morgan fingerprint density at radius 1 is 1.35 bits per heavy atom. The average molecular weight is 238 g/mol. The molecule has 1 rings (SSSR count). The Morgan fingerprint density at radius 3 is 2.76 bits per heavy atom. The standard InChI is InChI=1S/C12H22N4O/c1-10-9-14-12(13-2)15-11(10)16(3)7-5-4-6-8-17/h9,17H,4-8H2,1-3H3,(H,13,14,15). The molecule has 96 valence electrons. The molecule has 0 aliphatic carbocycles. The van der Waals surface area contributed by atoms with Crippen LogP contribution in [0.5, 0.6) is 0 Å². The molecular weight excluding hydrogens is 216 g/mol. The summed E-state index contributed by atoms with van der Waals surface area (Å²) in [6.45, 7) is 3.24. The molecule has 0 radical (unpaired) electrons. The summed E-state index contributed by atoms with van der Waals surface area (Å²) in [4.78, 5) is 10.7. The zero-order valence-corrected chi connectivity index (χ0v) is 10.9. The number of nitrogens with zero attached hydrogens (tertiary/aromatic N) is 3. The molecule has 1 aromatic heterocycles. The number of hydrogen-bond donors (Lipinski definition) is 2. The number of aliphatic hydroxyl groups is 1. The first kappa shape index (κ1) is 13.7. The normalized spacial score (nSPS) is 10.4. The van der Waals surface area contributed by atoms with Gasteiger partial charge in [-0.05, 0) is 26.2 Å². The highest BCUT2D eigenvalue weighted by Gasteiger charge is 2.07. The summed E-state index contributed by atoms with van der Waals surface area (Å²) < 4.78 is 0. The minimum atomic E-state index is 0.278. The van der Waals surface area contributed by atoms with Gasteiger partial charge in [-0.3, -0.25) is 0 Å². The van der Waals surface area contributed by atoms with Crippen molar-refractivity contribution in [1.29, 1.82) is 0 Å². The predicted molar refractivity (Wildman–Crippen MR) is 70.5 cm³/mol. The van der Waals surface area contributed by atoms with E-state index in [1.807, 2.05) is 27.2 Å². The molecule has 2 N–H and O–H groups in total. The molecule has 1 heterocycles. The van der Waals surface area contributed by atoms with Crippen molar-refractivity contribution < 1.29 is 5.11 Å². The van der Waals surface area contributed by atoms with Crippen molar-refractivity contribution >= 4 is 11.8 Å². The third-order valence-corrected chi connectivity index (χ3v) is 2.68. The van der Waals surface area contributed by atoms with Gasteiger partial charge in [0.15, 0.2) is 0 Å². The second-order valence-electron chi connectivity index (χ2n) is 4.16. The number of unbranched alkanes of at least 4 members (excludes halogenated alkanes) is 2. The van der Waals surface area contributed by atoms with Crippen LogP contribution >= 0.6 is 0 Å². The lowest BCUT2D eigenvalue weighted by molar-refractivity contribution is 0.283. The van der Waals surface area contributed by atoms with Crippen molar-refractivity contribution in [3.63, 3.8) is 0 Å². The summed E-state index contributed by atoms with van der Waals surface area (Å²) in [6, 6.07) is 0. The molecule has 0 aliphatic rings. The summed E-state index contributed by atoms with van der Waals surface area (Å²) in [5.41, 5.74) is 1.08. The third-order valence-electron chi connectivity index (χ3n) is 2.68. The number of aromatic nitrogens is 2. The van der Waals surface area contributed by atoms with Crippen molar-refractivity contribution in [3.8, 4) is 0 Å². The van der Waals surface area contributed by atoms with Crippen LogP contribution in [0.15, 0.2) is 6.20 Å². The molecule has 1 aromatic rings. The van der Waals surface area contributed by atoms with Gasteiger partial charge in [-0.1, -0.05) is 0 Å². The summed E-state index contributed by atoms with van der Waals surface area (Å²) >= 11 is 0. The van der Waals surface area contributed by atoms with Crippen molar-refractivity contribution in [2.45, 2.75) is 26.2 Å². The Labute approximate surface area is 103 Å². The Kier molecular flexibility index (Phi) is 5.69. The van der Waals surface area contributed by atoms with Crippen LogP contribution in [0.4, 0.5) is 11.8 Å². The van der Waals surface area contributed by atoms with Gasteiger partial charge in [-0.15, -0.1) is 0 Å². The van der Waals surface area contributed by atoms with Gasteiger partial charge >= 0.3 is 0 Å². The van der Waals surface area contributed by atoms with Crippen molar-refractivity contribution in [3.05, 3.63) is 11.8 Å². The van der Waals surface area contributed by atoms with E-state index >= 15 is 0 Å². The Bertz CT molecular complexity index is 343. The largest absolute Gasteiger partial charge is 0.396 e. The molecule has 0 aliphatic heterocycles. The first-order valence-electron chi connectivity index (χ1n) is 6.02. The fourth-order valence-electron chi connectivity index (χ4n) is 1.68. The van der Waals surface area contributed by atoms with Crippen molar-refractivity contribution in [1.82, 2.24) is 9.97 Å². The van der Waals surface area contributed by atoms with E-state index in [9.17, 15) is 0 Å². The monoisotopic (exact) mass is 238 g/mol. The SMILES string of the molecule is CNc1ncc(C)c(N(C)CCCCCO)n1. The van der Waals surface area contributed by atoms with Crippen LogP contribution < -0.4 is 10.2 Å². The maximum Gasteiger partial charge on any atom is 0.224 e. The molecule has 0 fully saturated rings. The topological polar surface area (TPSA) is 61.3 Å². The van der Waals surface area contributed by atoms with Gasteiger partial charge < -0.3 is 15.3 Å². The van der Waals surface area contributed by atoms with Gasteiger partial charge in [-0.2, -0.15) is 4.98 Å². The van der Waals surface area contributed by atoms with E-state index < -0.39 is 0 Å². The van der Waals surface area contributed by atoms with Crippen LogP contribution in [0.1, 0.15) is 24.8 Å². The predicted octanol–water partition coefficient (Wildman–Crippen LogP) is 1.43.